The molecule has 2 aromatic rings. The number of hydrogen-bond acceptors (Lipinski definition) is 31. The zero-order valence-corrected chi connectivity index (χ0v) is 42.5. The summed E-state index contributed by atoms with van der Waals surface area (Å²) in [6, 6.07) is -2.26. The molecule has 0 radical (unpaired) electrons. The van der Waals surface area contributed by atoms with E-state index in [0.717, 1.165) is 38.1 Å². The first kappa shape index (κ1) is 55.9. The molecule has 13 N–H and O–H groups in total. The van der Waals surface area contributed by atoms with Crippen molar-refractivity contribution in [1.82, 2.24) is 29.3 Å². The Balaban J connectivity index is 0.850. The van der Waals surface area contributed by atoms with Crippen LogP contribution in [-0.4, -0.2) is 237 Å². The lowest BCUT2D eigenvalue weighted by molar-refractivity contribution is -0.498. The van der Waals surface area contributed by atoms with Gasteiger partial charge in [-0.3, -0.25) is 42.1 Å². The van der Waals surface area contributed by atoms with Crippen LogP contribution in [0, 0.1) is 0 Å². The highest BCUT2D eigenvalue weighted by molar-refractivity contribution is 7.66. The second kappa shape index (κ2) is 21.1. The molecular formula is C33H46N15O24P4+. The van der Waals surface area contributed by atoms with E-state index in [1.54, 1.807) is 0 Å². The molecule has 2 amide bonds. The molecule has 43 heteroatoms. The molecule has 7 aliphatic rings. The molecule has 18 atom stereocenters. The lowest BCUT2D eigenvalue weighted by atomic mass is 10.1. The lowest BCUT2D eigenvalue weighted by Crippen LogP contribution is -2.50. The van der Waals surface area contributed by atoms with Crippen LogP contribution >= 0.6 is 31.3 Å². The average molecular weight is 1160 g/mol. The Hall–Kier alpha value is -4.89. The number of aliphatic imine (C=N–C) groups is 5. The summed E-state index contributed by atoms with van der Waals surface area (Å²) in [6.07, 6.45) is -14.4. The van der Waals surface area contributed by atoms with Crippen molar-refractivity contribution in [3.8, 4) is 0 Å². The lowest BCUT2D eigenvalue weighted by Gasteiger charge is -2.27. The number of anilines is 1. The molecular weight excluding hydrogens is 1110 g/mol. The predicted molar refractivity (Wildman–Crippen MR) is 245 cm³/mol. The molecule has 0 aromatic carbocycles. The van der Waals surface area contributed by atoms with Crippen molar-refractivity contribution in [2.75, 3.05) is 46.8 Å². The minimum Gasteiger partial charge on any atom is -0.387 e. The van der Waals surface area contributed by atoms with E-state index in [9.17, 15) is 62.7 Å². The van der Waals surface area contributed by atoms with E-state index >= 15 is 0 Å². The van der Waals surface area contributed by atoms with E-state index in [0.29, 0.717) is 0 Å². The third-order valence-corrected chi connectivity index (χ3v) is 17.2. The number of amides is 2. The summed E-state index contributed by atoms with van der Waals surface area (Å²) >= 11 is 0. The van der Waals surface area contributed by atoms with Gasteiger partial charge >= 0.3 is 37.2 Å². The fourth-order valence-corrected chi connectivity index (χ4v) is 13.2. The van der Waals surface area contributed by atoms with Crippen LogP contribution in [0.15, 0.2) is 37.6 Å². The molecule has 39 nitrogen and oxygen atoms in total. The van der Waals surface area contributed by atoms with Gasteiger partial charge in [0.25, 0.3) is 17.8 Å². The number of aromatic nitrogens is 4. The van der Waals surface area contributed by atoms with E-state index in [2.05, 4.69) is 48.5 Å². The van der Waals surface area contributed by atoms with Crippen LogP contribution in [0.25, 0.3) is 11.2 Å². The Labute approximate surface area is 424 Å². The van der Waals surface area contributed by atoms with Gasteiger partial charge in [0.2, 0.25) is 24.5 Å². The smallest absolute Gasteiger partial charge is 0.387 e. The van der Waals surface area contributed by atoms with Gasteiger partial charge in [-0.05, 0) is 0 Å². The van der Waals surface area contributed by atoms with Crippen LogP contribution in [-0.2, 0) is 78.2 Å². The van der Waals surface area contributed by atoms with Gasteiger partial charge in [0.1, 0.15) is 66.8 Å². The Kier molecular flexibility index (Phi) is 15.5. The number of carbonyl (C=O) groups excluding carboxylic acids is 2. The van der Waals surface area contributed by atoms with Gasteiger partial charge < -0.3 is 75.8 Å². The van der Waals surface area contributed by atoms with E-state index in [-0.39, 0.29) is 34.6 Å². The van der Waals surface area contributed by atoms with Crippen molar-refractivity contribution < 1.29 is 118 Å². The number of phosphoric ester groups is 3. The number of methoxy groups -OCH3 is 2. The number of hydrogen-bond donors (Lipinski definition) is 10. The zero-order chi connectivity index (χ0) is 55.0. The molecule has 76 heavy (non-hydrogen) atoms. The highest BCUT2D eigenvalue weighted by atomic mass is 31.3. The quantitative estimate of drug-likeness (QED) is 0.0436. The monoisotopic (exact) mass is 1160 g/mol. The van der Waals surface area contributed by atoms with Crippen LogP contribution in [0.5, 0.6) is 0 Å². The number of aliphatic hydroxyl groups excluding tert-OH is 3. The first-order valence-electron chi connectivity index (χ1n) is 21.7. The summed E-state index contributed by atoms with van der Waals surface area (Å²) in [7, 11) is -19.6. The first-order chi connectivity index (χ1) is 35.7. The summed E-state index contributed by atoms with van der Waals surface area (Å²) in [5.74, 6) is -2.41. The van der Waals surface area contributed by atoms with Crippen molar-refractivity contribution in [1.29, 1.82) is 0 Å². The number of nitrogens with zero attached hydrogens (tertiary/aromatic N) is 12. The van der Waals surface area contributed by atoms with Gasteiger partial charge in [0.05, 0.1) is 39.5 Å². The number of carbonyl (C=O) groups is 2. The van der Waals surface area contributed by atoms with Crippen molar-refractivity contribution in [2.24, 2.45) is 36.4 Å². The number of rotatable bonds is 20. The van der Waals surface area contributed by atoms with Crippen molar-refractivity contribution >= 4 is 96.4 Å². The minimum atomic E-state index is -6.18. The molecule has 7 aliphatic heterocycles. The Morgan fingerprint density at radius 2 is 1.22 bits per heavy atom. The Morgan fingerprint density at radius 1 is 0.658 bits per heavy atom. The number of imidazole rings is 1. The van der Waals surface area contributed by atoms with Gasteiger partial charge in [0.15, 0.2) is 35.8 Å². The SMILES string of the molecule is CO[C@@H]1[C@H](OP(=O)(O)OC[C@H]2O[C@@H](N3C=NC4C(=O)N=C(N)N=C43)[C@H](O)[C@@H]2O)[C@@H](COP(=O)(O)OP(=O)(O)OP(=O)(O)OC[C@H]2O[C@@H](N3C=[N+](C)C4C(=O)N=C(N)N=C43)[C@H](O)[C@@H]2OC)O[C@H]1n1cnc2c(N)ncnc21. The number of likely N-dealkylation sites (N-methyl/N-ethyl adjacent to an activating group) is 1. The number of amidine groups is 2. The summed E-state index contributed by atoms with van der Waals surface area (Å²) < 4.78 is 113. The molecule has 0 spiro atoms. The molecule has 0 saturated carbocycles. The number of fused-ring (bicyclic) bond motifs is 3. The van der Waals surface area contributed by atoms with Crippen LogP contribution in [0.1, 0.15) is 6.23 Å². The number of nitrogens with two attached hydrogens (primary N) is 3. The van der Waals surface area contributed by atoms with E-state index in [4.69, 9.17) is 59.0 Å². The van der Waals surface area contributed by atoms with E-state index in [1.165, 1.54) is 27.4 Å². The van der Waals surface area contributed by atoms with Crippen LogP contribution in [0.3, 0.4) is 0 Å². The topological polar surface area (TPSA) is 539 Å². The number of ether oxygens (including phenoxy) is 5. The molecule has 0 bridgehead atoms. The van der Waals surface area contributed by atoms with Crippen molar-refractivity contribution in [3.05, 3.63) is 12.7 Å². The van der Waals surface area contributed by atoms with Gasteiger partial charge in [0, 0.05) is 14.2 Å². The van der Waals surface area contributed by atoms with Gasteiger partial charge in [-0.25, -0.2) is 37.8 Å². The third kappa shape index (κ3) is 11.1. The van der Waals surface area contributed by atoms with Crippen LogP contribution in [0.2, 0.25) is 0 Å². The maximum absolute atomic E-state index is 13.7. The fourth-order valence-electron chi connectivity index (χ4n) is 8.75. The highest BCUT2D eigenvalue weighted by Crippen LogP contribution is 2.68. The summed E-state index contributed by atoms with van der Waals surface area (Å²) in [4.78, 5) is 101. The summed E-state index contributed by atoms with van der Waals surface area (Å²) in [5.41, 5.74) is 17.3. The van der Waals surface area contributed by atoms with Crippen molar-refractivity contribution in [2.45, 2.75) is 85.7 Å². The third-order valence-electron chi connectivity index (χ3n) is 12.0. The highest BCUT2D eigenvalue weighted by Gasteiger charge is 2.58. The average Bonchev–Trinajstić information content (AvgIpc) is 4.18. The van der Waals surface area contributed by atoms with E-state index < -0.39 is 155 Å². The molecule has 2 aromatic heterocycles. The molecule has 9 rings (SSSR count). The number of aliphatic hydroxyl groups is 3. The van der Waals surface area contributed by atoms with Gasteiger partial charge in [-0.1, -0.05) is 0 Å². The normalized spacial score (nSPS) is 35.5. The maximum Gasteiger partial charge on any atom is 0.490 e. The summed E-state index contributed by atoms with van der Waals surface area (Å²) in [5, 5.41) is 32.8. The second-order valence-electron chi connectivity index (χ2n) is 16.9. The molecule has 3 saturated heterocycles. The molecule has 9 heterocycles. The predicted octanol–water partition coefficient (Wildman–Crippen LogP) is -5.69. The maximum atomic E-state index is 13.7. The Bertz CT molecular complexity index is 3050. The molecule has 6 unspecified atom stereocenters. The van der Waals surface area contributed by atoms with Crippen molar-refractivity contribution in [3.63, 3.8) is 0 Å². The standard InChI is InChI=1S/C33H45N15O24P4/c1-45-10-48(26-16(45)28(53)44-33(36)42-26)30-19(51)20(62-2)12(68-30)5-65-74(56,57)71-76(60,61)72-75(58,59)66-6-13-21(22(63-3)31(69-13)46-8-39-14-23(34)37-7-38-24(14)46)70-73(54,55)64-4-11-17(49)18(50)29(67-11)47-9-40-15-25(47)41-32(35)43-27(15)52/h7-13,15-22,29-31,49-51H,4-6H2,1-3H3,(H9-,34,35,36,37,38,43,44,52,53,54,55,56,57,58,59,60,61)/p+1/t11-,12-,13-,15?,16?,17-,18-,19-,20-,21-,22-,29-,30-,31-/m1/s1. The fraction of sp³-hybridized carbons (Fsp3) is 0.606. The number of phosphoric acid groups is 4. The Morgan fingerprint density at radius 3 is 1.88 bits per heavy atom. The van der Waals surface area contributed by atoms with Gasteiger partial charge in [-0.2, -0.15) is 33.5 Å². The van der Waals surface area contributed by atoms with Gasteiger partial charge in [-0.15, -0.1) is 0 Å². The second-order valence-corrected chi connectivity index (χ2v) is 22.9. The molecule has 0 aliphatic carbocycles. The molecule has 3 fully saturated rings. The zero-order valence-electron chi connectivity index (χ0n) is 39.0. The first-order valence-corrected chi connectivity index (χ1v) is 27.6. The van der Waals surface area contributed by atoms with E-state index in [1.807, 2.05) is 0 Å². The number of guanidine groups is 2. The minimum absolute atomic E-state index is 0.0123. The molecule has 416 valence electrons. The number of nitrogen functional groups attached to an aromatic ring is 1. The largest absolute Gasteiger partial charge is 0.490 e. The van der Waals surface area contributed by atoms with Crippen LogP contribution < -0.4 is 17.2 Å². The summed E-state index contributed by atoms with van der Waals surface area (Å²) in [6.45, 7) is -3.24. The van der Waals surface area contributed by atoms with Crippen LogP contribution in [0.4, 0.5) is 5.82 Å².